The predicted molar refractivity (Wildman–Crippen MR) is 64.5 cm³/mol. The van der Waals surface area contributed by atoms with Crippen LogP contribution in [0.2, 0.25) is 0 Å². The molecule has 1 fully saturated rings. The number of hydrogen-bond donors (Lipinski definition) is 4. The van der Waals surface area contributed by atoms with Crippen LogP contribution in [-0.2, 0) is 4.74 Å². The van der Waals surface area contributed by atoms with Gasteiger partial charge in [-0.3, -0.25) is 14.3 Å². The third kappa shape index (κ3) is 1.89. The van der Waals surface area contributed by atoms with Crippen LogP contribution in [0.3, 0.4) is 0 Å². The van der Waals surface area contributed by atoms with Crippen molar-refractivity contribution in [3.8, 4) is 0 Å². The van der Waals surface area contributed by atoms with E-state index in [4.69, 9.17) is 15.6 Å². The van der Waals surface area contributed by atoms with Crippen molar-refractivity contribution in [1.29, 1.82) is 0 Å². The molecule has 1 saturated heterocycles. The summed E-state index contributed by atoms with van der Waals surface area (Å²) in [7, 11) is 0. The van der Waals surface area contributed by atoms with Crippen LogP contribution >= 0.6 is 0 Å². The van der Waals surface area contributed by atoms with Crippen molar-refractivity contribution in [1.82, 2.24) is 19.5 Å². The Labute approximate surface area is 115 Å². The van der Waals surface area contributed by atoms with Crippen LogP contribution in [0.25, 0.3) is 11.2 Å². The molecule has 21 heavy (non-hydrogen) atoms. The lowest BCUT2D eigenvalue weighted by Gasteiger charge is -2.20. The smallest absolute Gasteiger partial charge is 0.320 e. The number of fused-ring (bicyclic) bond motifs is 1. The third-order valence-electron chi connectivity index (χ3n) is 3.26. The number of hydrogen-bond acceptors (Lipinski definition) is 7. The number of imidazole rings is 1. The Morgan fingerprint density at radius 3 is 2.90 bits per heavy atom. The Bertz CT molecular complexity index is 745. The number of aromatic amines is 1. The number of anilines is 1. The van der Waals surface area contributed by atoms with Crippen LogP contribution in [0.4, 0.5) is 14.7 Å². The van der Waals surface area contributed by atoms with Gasteiger partial charge in [-0.1, -0.05) is 0 Å². The van der Waals surface area contributed by atoms with E-state index >= 15 is 0 Å². The van der Waals surface area contributed by atoms with E-state index in [2.05, 4.69) is 15.0 Å². The lowest BCUT2D eigenvalue weighted by molar-refractivity contribution is -0.138. The zero-order valence-electron chi connectivity index (χ0n) is 10.4. The Kier molecular flexibility index (Phi) is 2.93. The fourth-order valence-electron chi connectivity index (χ4n) is 2.23. The average Bonchev–Trinajstić information content (AvgIpc) is 2.91. The van der Waals surface area contributed by atoms with E-state index in [0.29, 0.717) is 0 Å². The first-order valence-electron chi connectivity index (χ1n) is 5.90. The van der Waals surface area contributed by atoms with Gasteiger partial charge in [-0.25, -0.2) is 4.98 Å². The van der Waals surface area contributed by atoms with Gasteiger partial charge in [0.1, 0.15) is 6.10 Å². The topological polar surface area (TPSA) is 139 Å². The molecule has 3 heterocycles. The zero-order valence-corrected chi connectivity index (χ0v) is 10.4. The molecule has 2 aromatic heterocycles. The minimum absolute atomic E-state index is 0.189. The molecular weight excluding hydrogens is 292 g/mol. The van der Waals surface area contributed by atoms with Gasteiger partial charge < -0.3 is 20.7 Å². The largest absolute Gasteiger partial charge is 0.394 e. The summed E-state index contributed by atoms with van der Waals surface area (Å²) in [5.41, 5.74) is 4.30. The third-order valence-corrected chi connectivity index (χ3v) is 3.26. The van der Waals surface area contributed by atoms with E-state index in [-0.39, 0.29) is 17.1 Å². The second-order valence-corrected chi connectivity index (χ2v) is 4.60. The number of aliphatic hydroxyl groups excluding tert-OH is 2. The quantitative estimate of drug-likeness (QED) is 0.534. The molecule has 0 saturated carbocycles. The van der Waals surface area contributed by atoms with Crippen molar-refractivity contribution < 1.29 is 23.7 Å². The number of rotatable bonds is 2. The molecule has 0 amide bonds. The van der Waals surface area contributed by atoms with Crippen molar-refractivity contribution in [2.24, 2.45) is 0 Å². The first kappa shape index (κ1) is 13.9. The molecule has 0 spiro atoms. The Hall–Kier alpha value is -2.11. The lowest BCUT2D eigenvalue weighted by atomic mass is 10.1. The summed E-state index contributed by atoms with van der Waals surface area (Å²) in [5.74, 6) is -3.96. The summed E-state index contributed by atoms with van der Waals surface area (Å²) in [6.45, 7) is -0.782. The number of aliphatic hydroxyl groups is 2. The second kappa shape index (κ2) is 4.44. The predicted octanol–water partition coefficient (Wildman–Crippen LogP) is -1.41. The van der Waals surface area contributed by atoms with Gasteiger partial charge >= 0.3 is 5.92 Å². The van der Waals surface area contributed by atoms with E-state index < -0.39 is 36.5 Å². The molecule has 0 unspecified atom stereocenters. The van der Waals surface area contributed by atoms with Gasteiger partial charge in [-0.15, -0.1) is 0 Å². The molecule has 0 radical (unpaired) electrons. The van der Waals surface area contributed by atoms with Crippen LogP contribution in [0.15, 0.2) is 11.1 Å². The molecule has 3 atom stereocenters. The van der Waals surface area contributed by atoms with Crippen molar-refractivity contribution in [3.05, 3.63) is 16.7 Å². The highest BCUT2D eigenvalue weighted by Crippen LogP contribution is 2.43. The molecule has 1 aliphatic heterocycles. The first-order valence-corrected chi connectivity index (χ1v) is 5.90. The molecular formula is C10H11F2N5O4. The summed E-state index contributed by atoms with van der Waals surface area (Å²) in [4.78, 5) is 21.2. The Morgan fingerprint density at radius 1 is 1.57 bits per heavy atom. The number of nitrogen functional groups attached to an aromatic ring is 1. The van der Waals surface area contributed by atoms with Crippen molar-refractivity contribution in [2.75, 3.05) is 12.3 Å². The van der Waals surface area contributed by atoms with Crippen LogP contribution in [0.1, 0.15) is 6.23 Å². The molecule has 0 aromatic carbocycles. The summed E-state index contributed by atoms with van der Waals surface area (Å²) in [6.07, 6.45) is -4.66. The summed E-state index contributed by atoms with van der Waals surface area (Å²) in [6, 6.07) is 0. The molecule has 9 nitrogen and oxygen atoms in total. The molecule has 0 aliphatic carbocycles. The van der Waals surface area contributed by atoms with Gasteiger partial charge in [0.05, 0.1) is 12.9 Å². The summed E-state index contributed by atoms with van der Waals surface area (Å²) < 4.78 is 33.9. The molecule has 1 aliphatic rings. The number of aromatic nitrogens is 4. The second-order valence-electron chi connectivity index (χ2n) is 4.60. The fraction of sp³-hybridized carbons (Fsp3) is 0.500. The molecule has 114 valence electrons. The highest BCUT2D eigenvalue weighted by Gasteiger charge is 2.59. The van der Waals surface area contributed by atoms with Crippen molar-refractivity contribution in [2.45, 2.75) is 24.4 Å². The van der Waals surface area contributed by atoms with Gasteiger partial charge in [-0.2, -0.15) is 13.8 Å². The molecule has 3 rings (SSSR count). The molecule has 2 aromatic rings. The maximum absolute atomic E-state index is 14.1. The zero-order chi connectivity index (χ0) is 15.4. The van der Waals surface area contributed by atoms with Gasteiger partial charge in [-0.05, 0) is 0 Å². The van der Waals surface area contributed by atoms with Crippen LogP contribution in [0, 0.1) is 0 Å². The number of ether oxygens (including phenoxy) is 1. The van der Waals surface area contributed by atoms with E-state index in [0.717, 1.165) is 10.9 Å². The number of alkyl halides is 2. The molecule has 11 heteroatoms. The normalized spacial score (nSPS) is 28.3. The van der Waals surface area contributed by atoms with Crippen molar-refractivity contribution in [3.63, 3.8) is 0 Å². The fourth-order valence-corrected chi connectivity index (χ4v) is 2.23. The lowest BCUT2D eigenvalue weighted by Crippen LogP contribution is -2.39. The maximum Gasteiger partial charge on any atom is 0.320 e. The number of halogens is 2. The maximum atomic E-state index is 14.1. The average molecular weight is 303 g/mol. The number of nitrogens with two attached hydrogens (primary N) is 1. The number of nitrogens with zero attached hydrogens (tertiary/aromatic N) is 3. The van der Waals surface area contributed by atoms with E-state index in [1.807, 2.05) is 0 Å². The standard InChI is InChI=1S/C10H11F2N5O4/c11-10(12)5(19)3(1-18)21-8(10)17-2-14-4-6(17)15-9(13)16-7(4)20/h2-3,5,8,18-19H,1H2,(H3,13,15,16,20)/t3-,5-,8-/m1/s1. The van der Waals surface area contributed by atoms with Crippen LogP contribution in [-0.4, -0.2) is 54.5 Å². The molecule has 5 N–H and O–H groups in total. The highest BCUT2D eigenvalue weighted by molar-refractivity contribution is 5.70. The first-order chi connectivity index (χ1) is 9.86. The van der Waals surface area contributed by atoms with Gasteiger partial charge in [0.15, 0.2) is 17.3 Å². The Balaban J connectivity index is 2.15. The summed E-state index contributed by atoms with van der Waals surface area (Å²) in [5, 5.41) is 18.4. The monoisotopic (exact) mass is 303 g/mol. The minimum atomic E-state index is -3.69. The highest BCUT2D eigenvalue weighted by atomic mass is 19.3. The summed E-state index contributed by atoms with van der Waals surface area (Å²) >= 11 is 0. The van der Waals surface area contributed by atoms with E-state index in [1.165, 1.54) is 0 Å². The van der Waals surface area contributed by atoms with E-state index in [9.17, 15) is 18.7 Å². The Morgan fingerprint density at radius 2 is 2.29 bits per heavy atom. The van der Waals surface area contributed by atoms with Crippen molar-refractivity contribution >= 4 is 17.1 Å². The van der Waals surface area contributed by atoms with Crippen LogP contribution < -0.4 is 11.3 Å². The van der Waals surface area contributed by atoms with Crippen LogP contribution in [0.5, 0.6) is 0 Å². The number of H-pyrrole nitrogens is 1. The van der Waals surface area contributed by atoms with Gasteiger partial charge in [0.2, 0.25) is 12.2 Å². The van der Waals surface area contributed by atoms with E-state index in [1.54, 1.807) is 0 Å². The number of nitrogens with one attached hydrogen (secondary N) is 1. The van der Waals surface area contributed by atoms with Gasteiger partial charge in [0.25, 0.3) is 5.56 Å². The van der Waals surface area contributed by atoms with Gasteiger partial charge in [0, 0.05) is 0 Å². The molecule has 0 bridgehead atoms. The minimum Gasteiger partial charge on any atom is -0.394 e. The SMILES string of the molecule is Nc1nc2c(ncn2[C@@H]2O[C@H](CO)[C@@H](O)C2(F)F)c(=O)[nH]1.